The average molecular weight is 500 g/mol. The fourth-order valence-corrected chi connectivity index (χ4v) is 4.78. The van der Waals surface area contributed by atoms with E-state index in [0.29, 0.717) is 44.6 Å². The number of aliphatic hydroxyl groups is 1. The van der Waals surface area contributed by atoms with Crippen LogP contribution in [0.15, 0.2) is 36.4 Å². The lowest BCUT2D eigenvalue weighted by atomic mass is 9.92. The Hall–Kier alpha value is -1.53. The van der Waals surface area contributed by atoms with Crippen molar-refractivity contribution in [2.24, 2.45) is 0 Å². The predicted molar refractivity (Wildman–Crippen MR) is 132 cm³/mol. The molecular weight excluding hydrogens is 470 g/mol. The molecular formula is C26H30Cl2F3NO. The lowest BCUT2D eigenvalue weighted by molar-refractivity contribution is -0.137. The molecule has 0 radical (unpaired) electrons. The second-order valence-corrected chi connectivity index (χ2v) is 9.40. The summed E-state index contributed by atoms with van der Waals surface area (Å²) >= 11 is 12.5. The van der Waals surface area contributed by atoms with Crippen molar-refractivity contribution < 1.29 is 18.3 Å². The predicted octanol–water partition coefficient (Wildman–Crippen LogP) is 8.64. The van der Waals surface area contributed by atoms with Crippen molar-refractivity contribution in [2.45, 2.75) is 58.2 Å². The quantitative estimate of drug-likeness (QED) is 0.282. The zero-order valence-electron chi connectivity index (χ0n) is 19.0. The van der Waals surface area contributed by atoms with E-state index in [0.717, 1.165) is 50.9 Å². The maximum atomic E-state index is 13.8. The van der Waals surface area contributed by atoms with Crippen molar-refractivity contribution in [1.82, 2.24) is 4.90 Å². The average Bonchev–Trinajstić information content (AvgIpc) is 2.76. The summed E-state index contributed by atoms with van der Waals surface area (Å²) in [4.78, 5) is 2.29. The summed E-state index contributed by atoms with van der Waals surface area (Å²) in [6.45, 7) is 6.74. The van der Waals surface area contributed by atoms with Gasteiger partial charge in [-0.25, -0.2) is 0 Å². The van der Waals surface area contributed by atoms with Crippen molar-refractivity contribution in [1.29, 1.82) is 0 Å². The van der Waals surface area contributed by atoms with E-state index in [9.17, 15) is 18.3 Å². The van der Waals surface area contributed by atoms with Crippen LogP contribution in [0.25, 0.3) is 21.5 Å². The normalized spacial score (nSPS) is 13.4. The highest BCUT2D eigenvalue weighted by Gasteiger charge is 2.32. The number of rotatable bonds is 10. The number of hydrogen-bond donors (Lipinski definition) is 1. The maximum absolute atomic E-state index is 13.8. The number of fused-ring (bicyclic) bond motifs is 3. The molecule has 33 heavy (non-hydrogen) atoms. The Morgan fingerprint density at radius 2 is 1.45 bits per heavy atom. The monoisotopic (exact) mass is 499 g/mol. The molecule has 1 N–H and O–H groups in total. The molecule has 0 fully saturated rings. The highest BCUT2D eigenvalue weighted by Crippen LogP contribution is 2.40. The van der Waals surface area contributed by atoms with Gasteiger partial charge >= 0.3 is 6.18 Å². The van der Waals surface area contributed by atoms with Crippen LogP contribution < -0.4 is 0 Å². The summed E-state index contributed by atoms with van der Waals surface area (Å²) < 4.78 is 41.3. The molecule has 0 aliphatic carbocycles. The standard InChI is InChI=1S/C26H30Cl2F3NO/c1-3-5-10-32(11-6-4-2)12-9-25(33)23-14-17(26(29,30)31)13-21-19(23)7-8-20-22(21)15-18(27)16-24(20)28/h7-8,13-16,25,33H,3-6,9-12H2,1-2H3. The molecule has 3 aromatic rings. The zero-order valence-corrected chi connectivity index (χ0v) is 20.5. The van der Waals surface area contributed by atoms with E-state index in [1.54, 1.807) is 24.3 Å². The van der Waals surface area contributed by atoms with Gasteiger partial charge in [0, 0.05) is 22.0 Å². The Morgan fingerprint density at radius 1 is 0.848 bits per heavy atom. The molecule has 0 saturated carbocycles. The van der Waals surface area contributed by atoms with Crippen LogP contribution in [0.3, 0.4) is 0 Å². The lowest BCUT2D eigenvalue weighted by Gasteiger charge is -2.24. The molecule has 0 heterocycles. The molecule has 0 saturated heterocycles. The molecule has 2 nitrogen and oxygen atoms in total. The molecule has 0 aliphatic heterocycles. The van der Waals surface area contributed by atoms with Crippen LogP contribution >= 0.6 is 23.2 Å². The fraction of sp³-hybridized carbons (Fsp3) is 0.462. The van der Waals surface area contributed by atoms with Gasteiger partial charge in [0.25, 0.3) is 0 Å². The molecule has 3 aromatic carbocycles. The summed E-state index contributed by atoms with van der Waals surface area (Å²) in [5.74, 6) is 0. The zero-order chi connectivity index (χ0) is 24.2. The summed E-state index contributed by atoms with van der Waals surface area (Å²) in [5.41, 5.74) is -0.509. The molecule has 180 valence electrons. The van der Waals surface area contributed by atoms with Gasteiger partial charge in [-0.05, 0) is 78.3 Å². The van der Waals surface area contributed by atoms with Gasteiger partial charge in [-0.1, -0.05) is 62.0 Å². The summed E-state index contributed by atoms with van der Waals surface area (Å²) in [7, 11) is 0. The number of halogens is 5. The van der Waals surface area contributed by atoms with E-state index in [1.165, 1.54) is 0 Å². The molecule has 0 aromatic heterocycles. The van der Waals surface area contributed by atoms with Crippen LogP contribution in [0.5, 0.6) is 0 Å². The SMILES string of the molecule is CCCCN(CCCC)CCC(O)c1cc(C(F)(F)F)cc2c1ccc1c(Cl)cc(Cl)cc12. The van der Waals surface area contributed by atoms with E-state index in [4.69, 9.17) is 23.2 Å². The molecule has 3 rings (SSSR count). The van der Waals surface area contributed by atoms with Gasteiger partial charge in [0.1, 0.15) is 0 Å². The Morgan fingerprint density at radius 3 is 2.06 bits per heavy atom. The summed E-state index contributed by atoms with van der Waals surface area (Å²) in [6, 6.07) is 8.90. The van der Waals surface area contributed by atoms with E-state index in [1.807, 2.05) is 0 Å². The highest BCUT2D eigenvalue weighted by molar-refractivity contribution is 6.39. The number of alkyl halides is 3. The Bertz CT molecular complexity index is 1090. The van der Waals surface area contributed by atoms with Crippen LogP contribution in [0.2, 0.25) is 10.0 Å². The van der Waals surface area contributed by atoms with Gasteiger partial charge in [-0.2, -0.15) is 13.2 Å². The topological polar surface area (TPSA) is 23.5 Å². The van der Waals surface area contributed by atoms with E-state index < -0.39 is 17.8 Å². The highest BCUT2D eigenvalue weighted by atomic mass is 35.5. The number of unbranched alkanes of at least 4 members (excludes halogenated alkanes) is 2. The Kier molecular flexibility index (Phi) is 8.90. The third-order valence-corrected chi connectivity index (χ3v) is 6.60. The van der Waals surface area contributed by atoms with Crippen molar-refractivity contribution in [3.05, 3.63) is 57.6 Å². The molecule has 1 atom stereocenters. The number of benzene rings is 3. The van der Waals surface area contributed by atoms with Crippen molar-refractivity contribution in [3.8, 4) is 0 Å². The number of aliphatic hydroxyl groups excluding tert-OH is 1. The first kappa shape index (κ1) is 26.1. The van der Waals surface area contributed by atoms with Crippen LogP contribution in [-0.2, 0) is 6.18 Å². The fourth-order valence-electron chi connectivity index (χ4n) is 4.23. The third kappa shape index (κ3) is 6.33. The number of nitrogens with zero attached hydrogens (tertiary/aromatic N) is 1. The Labute approximate surface area is 203 Å². The first-order valence-corrected chi connectivity index (χ1v) is 12.2. The molecule has 0 amide bonds. The van der Waals surface area contributed by atoms with E-state index >= 15 is 0 Å². The second kappa shape index (κ2) is 11.3. The minimum absolute atomic E-state index is 0.281. The minimum atomic E-state index is -4.54. The van der Waals surface area contributed by atoms with Gasteiger partial charge in [0.15, 0.2) is 0 Å². The van der Waals surface area contributed by atoms with Gasteiger partial charge in [-0.15, -0.1) is 0 Å². The summed E-state index contributed by atoms with van der Waals surface area (Å²) in [6.07, 6.45) is -0.949. The van der Waals surface area contributed by atoms with Crippen molar-refractivity contribution >= 4 is 44.7 Å². The van der Waals surface area contributed by atoms with Gasteiger partial charge in [0.2, 0.25) is 0 Å². The van der Waals surface area contributed by atoms with Crippen LogP contribution in [0, 0.1) is 0 Å². The third-order valence-electron chi connectivity index (χ3n) is 6.07. The largest absolute Gasteiger partial charge is 0.416 e. The van der Waals surface area contributed by atoms with Gasteiger partial charge < -0.3 is 10.0 Å². The smallest absolute Gasteiger partial charge is 0.388 e. The molecule has 7 heteroatoms. The molecule has 0 bridgehead atoms. The van der Waals surface area contributed by atoms with Gasteiger partial charge in [-0.3, -0.25) is 0 Å². The van der Waals surface area contributed by atoms with Crippen molar-refractivity contribution in [2.75, 3.05) is 19.6 Å². The summed E-state index contributed by atoms with van der Waals surface area (Å²) in [5, 5.41) is 13.9. The molecule has 1 unspecified atom stereocenters. The van der Waals surface area contributed by atoms with E-state index in [-0.39, 0.29) is 5.56 Å². The lowest BCUT2D eigenvalue weighted by Crippen LogP contribution is -2.28. The van der Waals surface area contributed by atoms with Gasteiger partial charge in [0.05, 0.1) is 11.7 Å². The van der Waals surface area contributed by atoms with Crippen LogP contribution in [-0.4, -0.2) is 29.6 Å². The number of hydrogen-bond acceptors (Lipinski definition) is 2. The first-order chi connectivity index (χ1) is 15.7. The first-order valence-electron chi connectivity index (χ1n) is 11.5. The molecule has 0 spiro atoms. The second-order valence-electron chi connectivity index (χ2n) is 8.56. The minimum Gasteiger partial charge on any atom is -0.388 e. The van der Waals surface area contributed by atoms with E-state index in [2.05, 4.69) is 18.7 Å². The maximum Gasteiger partial charge on any atom is 0.416 e. The Balaban J connectivity index is 2.04. The van der Waals surface area contributed by atoms with Crippen LogP contribution in [0.4, 0.5) is 13.2 Å². The van der Waals surface area contributed by atoms with Crippen molar-refractivity contribution in [3.63, 3.8) is 0 Å². The molecule has 0 aliphatic rings. The van der Waals surface area contributed by atoms with Crippen LogP contribution in [0.1, 0.15) is 63.2 Å².